The molecule has 4 heteroatoms. The lowest BCUT2D eigenvalue weighted by molar-refractivity contribution is 0.187. The van der Waals surface area contributed by atoms with Crippen molar-refractivity contribution in [3.63, 3.8) is 0 Å². The SMILES string of the molecule is CCOc1ccccc1OCCNCC(C)O. The second kappa shape index (κ2) is 7.92. The Bertz CT molecular complexity index is 315. The van der Waals surface area contributed by atoms with Gasteiger partial charge in [-0.1, -0.05) is 12.1 Å². The van der Waals surface area contributed by atoms with Gasteiger partial charge in [0, 0.05) is 13.1 Å². The van der Waals surface area contributed by atoms with Crippen LogP contribution in [0.4, 0.5) is 0 Å². The summed E-state index contributed by atoms with van der Waals surface area (Å²) in [6, 6.07) is 7.62. The molecule has 0 saturated heterocycles. The summed E-state index contributed by atoms with van der Waals surface area (Å²) in [7, 11) is 0. The van der Waals surface area contributed by atoms with Gasteiger partial charge in [-0.25, -0.2) is 0 Å². The average molecular weight is 239 g/mol. The van der Waals surface area contributed by atoms with E-state index in [0.717, 1.165) is 11.5 Å². The fraction of sp³-hybridized carbons (Fsp3) is 0.538. The van der Waals surface area contributed by atoms with E-state index in [9.17, 15) is 0 Å². The molecule has 0 aromatic heterocycles. The Morgan fingerprint density at radius 2 is 1.88 bits per heavy atom. The fourth-order valence-corrected chi connectivity index (χ4v) is 1.39. The Morgan fingerprint density at radius 1 is 1.24 bits per heavy atom. The van der Waals surface area contributed by atoms with Crippen molar-refractivity contribution >= 4 is 0 Å². The van der Waals surface area contributed by atoms with Crippen molar-refractivity contribution in [2.45, 2.75) is 20.0 Å². The average Bonchev–Trinajstić information content (AvgIpc) is 2.31. The molecule has 4 nitrogen and oxygen atoms in total. The van der Waals surface area contributed by atoms with Gasteiger partial charge in [0.2, 0.25) is 0 Å². The van der Waals surface area contributed by atoms with E-state index in [-0.39, 0.29) is 6.10 Å². The summed E-state index contributed by atoms with van der Waals surface area (Å²) in [5.74, 6) is 1.53. The standard InChI is InChI=1S/C13H21NO3/c1-3-16-12-6-4-5-7-13(12)17-9-8-14-10-11(2)15/h4-7,11,14-15H,3,8-10H2,1-2H3. The summed E-state index contributed by atoms with van der Waals surface area (Å²) in [6.07, 6.45) is -0.328. The second-order valence-corrected chi connectivity index (χ2v) is 3.78. The van der Waals surface area contributed by atoms with E-state index in [0.29, 0.717) is 26.3 Å². The predicted molar refractivity (Wildman–Crippen MR) is 67.7 cm³/mol. The van der Waals surface area contributed by atoms with E-state index in [2.05, 4.69) is 5.32 Å². The van der Waals surface area contributed by atoms with Gasteiger partial charge < -0.3 is 19.9 Å². The molecule has 0 saturated carbocycles. The molecule has 0 bridgehead atoms. The highest BCUT2D eigenvalue weighted by Crippen LogP contribution is 2.25. The number of ether oxygens (including phenoxy) is 2. The van der Waals surface area contributed by atoms with Gasteiger partial charge in [0.25, 0.3) is 0 Å². The Labute approximate surface area is 103 Å². The van der Waals surface area contributed by atoms with Crippen molar-refractivity contribution in [2.75, 3.05) is 26.3 Å². The lowest BCUT2D eigenvalue weighted by atomic mass is 10.3. The van der Waals surface area contributed by atoms with Crippen LogP contribution < -0.4 is 14.8 Å². The molecule has 96 valence electrons. The van der Waals surface area contributed by atoms with E-state index in [1.165, 1.54) is 0 Å². The van der Waals surface area contributed by atoms with Gasteiger partial charge in [-0.15, -0.1) is 0 Å². The quantitative estimate of drug-likeness (QED) is 0.674. The minimum absolute atomic E-state index is 0.328. The van der Waals surface area contributed by atoms with Crippen LogP contribution in [0.3, 0.4) is 0 Å². The monoisotopic (exact) mass is 239 g/mol. The highest BCUT2D eigenvalue weighted by atomic mass is 16.5. The van der Waals surface area contributed by atoms with E-state index >= 15 is 0 Å². The van der Waals surface area contributed by atoms with Crippen LogP contribution in [0.2, 0.25) is 0 Å². The summed E-state index contributed by atoms with van der Waals surface area (Å²) in [5, 5.41) is 12.2. The molecule has 0 spiro atoms. The molecule has 17 heavy (non-hydrogen) atoms. The molecule has 0 aliphatic heterocycles. The van der Waals surface area contributed by atoms with Crippen molar-refractivity contribution in [3.8, 4) is 11.5 Å². The third-order valence-corrected chi connectivity index (χ3v) is 2.13. The number of para-hydroxylation sites is 2. The third-order valence-electron chi connectivity index (χ3n) is 2.13. The van der Waals surface area contributed by atoms with Crippen LogP contribution in [-0.2, 0) is 0 Å². The van der Waals surface area contributed by atoms with Crippen LogP contribution in [0, 0.1) is 0 Å². The van der Waals surface area contributed by atoms with Gasteiger partial charge in [-0.3, -0.25) is 0 Å². The number of nitrogens with one attached hydrogen (secondary N) is 1. The molecule has 1 aromatic carbocycles. The number of hydrogen-bond acceptors (Lipinski definition) is 4. The molecular formula is C13H21NO3. The molecule has 1 unspecified atom stereocenters. The van der Waals surface area contributed by atoms with Crippen LogP contribution in [0.1, 0.15) is 13.8 Å². The molecule has 1 aromatic rings. The lowest BCUT2D eigenvalue weighted by Gasteiger charge is -2.12. The molecule has 0 aliphatic rings. The predicted octanol–water partition coefficient (Wildman–Crippen LogP) is 1.43. The number of rotatable bonds is 8. The first-order valence-corrected chi connectivity index (χ1v) is 5.97. The number of aliphatic hydroxyl groups excluding tert-OH is 1. The van der Waals surface area contributed by atoms with Crippen LogP contribution in [0.15, 0.2) is 24.3 Å². The molecule has 0 amide bonds. The number of hydrogen-bond donors (Lipinski definition) is 2. The highest BCUT2D eigenvalue weighted by Gasteiger charge is 2.02. The zero-order valence-electron chi connectivity index (χ0n) is 10.5. The maximum absolute atomic E-state index is 9.06. The van der Waals surface area contributed by atoms with Crippen molar-refractivity contribution in [2.24, 2.45) is 0 Å². The Kier molecular flexibility index (Phi) is 6.43. The smallest absolute Gasteiger partial charge is 0.161 e. The van der Waals surface area contributed by atoms with Gasteiger partial charge in [0.05, 0.1) is 12.7 Å². The first-order chi connectivity index (χ1) is 8.24. The summed E-state index contributed by atoms with van der Waals surface area (Å²) in [6.45, 7) is 6.15. The zero-order valence-corrected chi connectivity index (χ0v) is 10.5. The summed E-state index contributed by atoms with van der Waals surface area (Å²) in [4.78, 5) is 0. The Morgan fingerprint density at radius 3 is 2.47 bits per heavy atom. The van der Waals surface area contributed by atoms with Crippen LogP contribution >= 0.6 is 0 Å². The fourth-order valence-electron chi connectivity index (χ4n) is 1.39. The first-order valence-electron chi connectivity index (χ1n) is 5.97. The largest absolute Gasteiger partial charge is 0.490 e. The van der Waals surface area contributed by atoms with Crippen LogP contribution in [0.25, 0.3) is 0 Å². The van der Waals surface area contributed by atoms with E-state index in [4.69, 9.17) is 14.6 Å². The topological polar surface area (TPSA) is 50.7 Å². The van der Waals surface area contributed by atoms with Crippen molar-refractivity contribution in [3.05, 3.63) is 24.3 Å². The second-order valence-electron chi connectivity index (χ2n) is 3.78. The third kappa shape index (κ3) is 5.56. The highest BCUT2D eigenvalue weighted by molar-refractivity contribution is 5.39. The van der Waals surface area contributed by atoms with Crippen LogP contribution in [-0.4, -0.2) is 37.5 Å². The molecule has 1 rings (SSSR count). The van der Waals surface area contributed by atoms with Gasteiger partial charge in [0.15, 0.2) is 11.5 Å². The number of aliphatic hydroxyl groups is 1. The minimum Gasteiger partial charge on any atom is -0.490 e. The zero-order chi connectivity index (χ0) is 12.5. The lowest BCUT2D eigenvalue weighted by Crippen LogP contribution is -2.28. The molecular weight excluding hydrogens is 218 g/mol. The van der Waals surface area contributed by atoms with Crippen molar-refractivity contribution in [1.29, 1.82) is 0 Å². The maximum atomic E-state index is 9.06. The van der Waals surface area contributed by atoms with E-state index < -0.39 is 0 Å². The van der Waals surface area contributed by atoms with Crippen LogP contribution in [0.5, 0.6) is 11.5 Å². The van der Waals surface area contributed by atoms with Crippen molar-refractivity contribution < 1.29 is 14.6 Å². The molecule has 1 atom stereocenters. The minimum atomic E-state index is -0.328. The molecule has 0 radical (unpaired) electrons. The normalized spacial score (nSPS) is 12.2. The Balaban J connectivity index is 2.30. The van der Waals surface area contributed by atoms with E-state index in [1.54, 1.807) is 6.92 Å². The molecule has 0 aliphatic carbocycles. The first kappa shape index (κ1) is 13.8. The Hall–Kier alpha value is -1.26. The van der Waals surface area contributed by atoms with Gasteiger partial charge >= 0.3 is 0 Å². The molecule has 0 heterocycles. The number of benzene rings is 1. The summed E-state index contributed by atoms with van der Waals surface area (Å²) >= 11 is 0. The van der Waals surface area contributed by atoms with Gasteiger partial charge in [-0.2, -0.15) is 0 Å². The summed E-state index contributed by atoms with van der Waals surface area (Å²) < 4.78 is 11.0. The molecule has 2 N–H and O–H groups in total. The van der Waals surface area contributed by atoms with Gasteiger partial charge in [0.1, 0.15) is 6.61 Å². The maximum Gasteiger partial charge on any atom is 0.161 e. The molecule has 0 fully saturated rings. The van der Waals surface area contributed by atoms with E-state index in [1.807, 2.05) is 31.2 Å². The van der Waals surface area contributed by atoms with Gasteiger partial charge in [-0.05, 0) is 26.0 Å². The van der Waals surface area contributed by atoms with Crippen molar-refractivity contribution in [1.82, 2.24) is 5.32 Å². The summed E-state index contributed by atoms with van der Waals surface area (Å²) in [5.41, 5.74) is 0.